The Balaban J connectivity index is 1.44. The Morgan fingerprint density at radius 1 is 0.861 bits per heavy atom. The fraction of sp³-hybridized carbons (Fsp3) is 0.296. The van der Waals surface area contributed by atoms with Crippen LogP contribution in [0, 0.1) is 0 Å². The van der Waals surface area contributed by atoms with Crippen molar-refractivity contribution in [2.24, 2.45) is 0 Å². The number of amides is 1. The molecule has 0 aliphatic rings. The van der Waals surface area contributed by atoms with Gasteiger partial charge in [0.05, 0.1) is 19.5 Å². The van der Waals surface area contributed by atoms with Crippen LogP contribution < -0.4 is 14.4 Å². The number of hydroxylamine groups is 1. The fourth-order valence-electron chi connectivity index (χ4n) is 3.37. The SMILES string of the molecule is CCOC(Cc1ccc(OCCc2ccc(OS(C)(=O)=O)cc2)cc1)C(=O)NOCc1ccccc1. The molecule has 3 aromatic carbocycles. The topological polar surface area (TPSA) is 100 Å². The lowest BCUT2D eigenvalue weighted by Crippen LogP contribution is -2.37. The van der Waals surface area contributed by atoms with Crippen LogP contribution in [-0.4, -0.2) is 39.9 Å². The molecule has 1 unspecified atom stereocenters. The minimum Gasteiger partial charge on any atom is -0.493 e. The zero-order valence-electron chi connectivity index (χ0n) is 20.4. The first-order valence-corrected chi connectivity index (χ1v) is 13.4. The Bertz CT molecular complexity index is 1180. The van der Waals surface area contributed by atoms with Crippen LogP contribution in [0.3, 0.4) is 0 Å². The molecular formula is C27H31NO7S. The van der Waals surface area contributed by atoms with Gasteiger partial charge in [0, 0.05) is 19.4 Å². The first kappa shape index (κ1) is 27.2. The van der Waals surface area contributed by atoms with E-state index in [0.29, 0.717) is 31.8 Å². The summed E-state index contributed by atoms with van der Waals surface area (Å²) in [6, 6.07) is 23.9. The van der Waals surface area contributed by atoms with Gasteiger partial charge in [0.2, 0.25) is 0 Å². The van der Waals surface area contributed by atoms with E-state index in [9.17, 15) is 13.2 Å². The number of nitrogens with one attached hydrogen (secondary N) is 1. The second-order valence-electron chi connectivity index (χ2n) is 8.06. The van der Waals surface area contributed by atoms with Crippen LogP contribution in [0.15, 0.2) is 78.9 Å². The Labute approximate surface area is 212 Å². The smallest absolute Gasteiger partial charge is 0.306 e. The molecule has 0 spiro atoms. The van der Waals surface area contributed by atoms with Gasteiger partial charge in [-0.1, -0.05) is 54.6 Å². The van der Waals surface area contributed by atoms with Gasteiger partial charge in [0.15, 0.2) is 0 Å². The van der Waals surface area contributed by atoms with Crippen molar-refractivity contribution >= 4 is 16.0 Å². The van der Waals surface area contributed by atoms with E-state index in [0.717, 1.165) is 22.9 Å². The lowest BCUT2D eigenvalue weighted by Gasteiger charge is -2.17. The summed E-state index contributed by atoms with van der Waals surface area (Å²) in [7, 11) is -3.54. The Morgan fingerprint density at radius 3 is 2.14 bits per heavy atom. The molecule has 0 aromatic heterocycles. The third-order valence-corrected chi connectivity index (χ3v) is 5.58. The number of ether oxygens (including phenoxy) is 2. The van der Waals surface area contributed by atoms with Gasteiger partial charge in [-0.15, -0.1) is 0 Å². The van der Waals surface area contributed by atoms with Gasteiger partial charge in [-0.3, -0.25) is 9.63 Å². The molecule has 8 nitrogen and oxygen atoms in total. The van der Waals surface area contributed by atoms with Gasteiger partial charge in [-0.25, -0.2) is 5.48 Å². The minimum absolute atomic E-state index is 0.274. The number of hydrogen-bond acceptors (Lipinski definition) is 7. The highest BCUT2D eigenvalue weighted by Crippen LogP contribution is 2.17. The lowest BCUT2D eigenvalue weighted by molar-refractivity contribution is -0.146. The maximum atomic E-state index is 12.5. The van der Waals surface area contributed by atoms with Gasteiger partial charge in [0.1, 0.15) is 17.6 Å². The fourth-order valence-corrected chi connectivity index (χ4v) is 3.83. The van der Waals surface area contributed by atoms with Gasteiger partial charge < -0.3 is 13.7 Å². The number of rotatable bonds is 14. The minimum atomic E-state index is -3.54. The summed E-state index contributed by atoms with van der Waals surface area (Å²) in [4.78, 5) is 17.9. The first-order valence-electron chi connectivity index (χ1n) is 11.6. The van der Waals surface area contributed by atoms with Crippen molar-refractivity contribution in [3.63, 3.8) is 0 Å². The molecule has 3 aromatic rings. The van der Waals surface area contributed by atoms with E-state index in [1.165, 1.54) is 0 Å². The summed E-state index contributed by atoms with van der Waals surface area (Å²) in [5.74, 6) is 0.653. The zero-order chi connectivity index (χ0) is 25.8. The van der Waals surface area contributed by atoms with Crippen LogP contribution in [-0.2, 0) is 43.9 Å². The largest absolute Gasteiger partial charge is 0.493 e. The maximum absolute atomic E-state index is 12.5. The normalized spacial score (nSPS) is 12.1. The van der Waals surface area contributed by atoms with Gasteiger partial charge in [-0.2, -0.15) is 8.42 Å². The molecule has 9 heteroatoms. The summed E-state index contributed by atoms with van der Waals surface area (Å²) >= 11 is 0. The molecule has 0 radical (unpaired) electrons. The van der Waals surface area contributed by atoms with Crippen LogP contribution in [0.4, 0.5) is 0 Å². The standard InChI is InChI=1S/C27H31NO7S/c1-3-32-26(27(29)28-34-20-23-7-5-4-6-8-23)19-22-11-13-24(14-12-22)33-18-17-21-9-15-25(16-10-21)35-36(2,30)31/h4-16,26H,3,17-20H2,1-2H3,(H,28,29). The predicted molar refractivity (Wildman–Crippen MR) is 136 cm³/mol. The van der Waals surface area contributed by atoms with Crippen LogP contribution in [0.2, 0.25) is 0 Å². The second-order valence-corrected chi connectivity index (χ2v) is 9.64. The molecule has 1 atom stereocenters. The van der Waals surface area contributed by atoms with E-state index < -0.39 is 16.2 Å². The van der Waals surface area contributed by atoms with Crippen molar-refractivity contribution in [3.8, 4) is 11.5 Å². The Hall–Kier alpha value is -3.40. The molecule has 192 valence electrons. The van der Waals surface area contributed by atoms with E-state index in [2.05, 4.69) is 5.48 Å². The van der Waals surface area contributed by atoms with Crippen molar-refractivity contribution in [1.82, 2.24) is 5.48 Å². The monoisotopic (exact) mass is 513 g/mol. The molecule has 0 aliphatic carbocycles. The van der Waals surface area contributed by atoms with Gasteiger partial charge >= 0.3 is 10.1 Å². The molecule has 0 saturated carbocycles. The molecule has 0 saturated heterocycles. The maximum Gasteiger partial charge on any atom is 0.306 e. The average molecular weight is 514 g/mol. The molecule has 3 rings (SSSR count). The van der Waals surface area contributed by atoms with E-state index >= 15 is 0 Å². The highest BCUT2D eigenvalue weighted by atomic mass is 32.2. The number of benzene rings is 3. The van der Waals surface area contributed by atoms with E-state index in [1.807, 2.05) is 61.5 Å². The number of carbonyl (C=O) groups excluding carboxylic acids is 1. The van der Waals surface area contributed by atoms with Crippen molar-refractivity contribution in [2.75, 3.05) is 19.5 Å². The van der Waals surface area contributed by atoms with E-state index in [1.54, 1.807) is 24.3 Å². The molecular weight excluding hydrogens is 482 g/mol. The van der Waals surface area contributed by atoms with E-state index in [-0.39, 0.29) is 18.3 Å². The van der Waals surface area contributed by atoms with Crippen LogP contribution in [0.25, 0.3) is 0 Å². The van der Waals surface area contributed by atoms with Gasteiger partial charge in [0.25, 0.3) is 5.91 Å². The lowest BCUT2D eigenvalue weighted by atomic mass is 10.1. The van der Waals surface area contributed by atoms with Crippen LogP contribution in [0.1, 0.15) is 23.6 Å². The summed E-state index contributed by atoms with van der Waals surface area (Å²) in [6.45, 7) is 2.97. The van der Waals surface area contributed by atoms with Crippen molar-refractivity contribution in [3.05, 3.63) is 95.6 Å². The summed E-state index contributed by atoms with van der Waals surface area (Å²) in [5.41, 5.74) is 5.36. The highest BCUT2D eigenvalue weighted by Gasteiger charge is 2.19. The van der Waals surface area contributed by atoms with Crippen LogP contribution >= 0.6 is 0 Å². The average Bonchev–Trinajstić information content (AvgIpc) is 2.85. The Morgan fingerprint density at radius 2 is 1.50 bits per heavy atom. The van der Waals surface area contributed by atoms with Crippen molar-refractivity contribution in [2.45, 2.75) is 32.5 Å². The summed E-state index contributed by atoms with van der Waals surface area (Å²) in [6.07, 6.45) is 1.38. The van der Waals surface area contributed by atoms with Crippen molar-refractivity contribution < 1.29 is 31.7 Å². The summed E-state index contributed by atoms with van der Waals surface area (Å²) < 4.78 is 38.6. The quantitative estimate of drug-likeness (QED) is 0.258. The zero-order valence-corrected chi connectivity index (χ0v) is 21.2. The van der Waals surface area contributed by atoms with Gasteiger partial charge in [-0.05, 0) is 47.9 Å². The third kappa shape index (κ3) is 9.69. The predicted octanol–water partition coefficient (Wildman–Crippen LogP) is 3.84. The molecule has 36 heavy (non-hydrogen) atoms. The molecule has 1 N–H and O–H groups in total. The first-order chi connectivity index (χ1) is 17.3. The second kappa shape index (κ2) is 13.6. The molecule has 0 aliphatic heterocycles. The van der Waals surface area contributed by atoms with Crippen LogP contribution in [0.5, 0.6) is 11.5 Å². The summed E-state index contributed by atoms with van der Waals surface area (Å²) in [5, 5.41) is 0. The van der Waals surface area contributed by atoms with E-state index in [4.69, 9.17) is 18.5 Å². The molecule has 1 amide bonds. The number of carbonyl (C=O) groups is 1. The number of hydrogen-bond donors (Lipinski definition) is 1. The third-order valence-electron chi connectivity index (χ3n) is 5.09. The molecule has 0 heterocycles. The highest BCUT2D eigenvalue weighted by molar-refractivity contribution is 7.86. The molecule has 0 bridgehead atoms. The van der Waals surface area contributed by atoms with Crippen molar-refractivity contribution in [1.29, 1.82) is 0 Å². The Kier molecular flexibility index (Phi) is 10.3. The molecule has 0 fully saturated rings.